The third kappa shape index (κ3) is 9.05. The van der Waals surface area contributed by atoms with Crippen molar-refractivity contribution in [2.75, 3.05) is 0 Å². The first-order valence-electron chi connectivity index (χ1n) is 0.535. The molecule has 20 valence electrons. The second-order valence-electron chi connectivity index (χ2n) is 0.101. The summed E-state index contributed by atoms with van der Waals surface area (Å²) in [5.74, 6) is 0. The van der Waals surface area contributed by atoms with Gasteiger partial charge in [-0.2, -0.15) is 0 Å². The number of hydrogen-bond donors (Lipinski definition) is 0. The number of hydrogen-bond acceptors (Lipinski definition) is 0. The summed E-state index contributed by atoms with van der Waals surface area (Å²) in [5, 5.41) is 0. The van der Waals surface area contributed by atoms with Crippen LogP contribution in [0.15, 0.2) is 0 Å². The van der Waals surface area contributed by atoms with E-state index < -0.39 is 30.8 Å². The molecule has 0 aromatic carbocycles. The second-order valence-corrected chi connectivity index (χ2v) is 3.75. The van der Waals surface area contributed by atoms with Crippen LogP contribution in [0.2, 0.25) is 0 Å². The fourth-order valence-electron chi connectivity index (χ4n) is 0. The fourth-order valence-corrected chi connectivity index (χ4v) is 0. The van der Waals surface area contributed by atoms with Crippen molar-refractivity contribution in [3.05, 3.63) is 0 Å². The van der Waals surface area contributed by atoms with E-state index in [1.165, 1.54) is 0 Å². The van der Waals surface area contributed by atoms with Gasteiger partial charge in [-0.25, -0.2) is 0 Å². The molecule has 0 aliphatic carbocycles. The van der Waals surface area contributed by atoms with Gasteiger partial charge >= 0.3 is 92.5 Å². The second kappa shape index (κ2) is 9.65. The molecule has 0 unspecified atom stereocenters. The Hall–Kier alpha value is 3.41. The molecule has 0 amide bonds. The number of rotatable bonds is 0. The zero-order chi connectivity index (χ0) is 2.71. The van der Waals surface area contributed by atoms with E-state index >= 15 is 0 Å². The molecule has 0 spiro atoms. The van der Waals surface area contributed by atoms with Crippen LogP contribution in [-0.4, -0.2) is 79.7 Å². The maximum absolute atomic E-state index is 4.95. The summed E-state index contributed by atoms with van der Waals surface area (Å²) in [5.41, 5.74) is 0. The van der Waals surface area contributed by atoms with Gasteiger partial charge in [0.05, 0.1) is 0 Å². The molecule has 0 nitrogen and oxygen atoms in total. The van der Waals surface area contributed by atoms with Crippen molar-refractivity contribution in [1.29, 1.82) is 0 Å². The topological polar surface area (TPSA) is 0 Å². The Labute approximate surface area is 89.4 Å². The summed E-state index contributed by atoms with van der Waals surface area (Å²) in [6.07, 6.45) is 9.90. The standard InChI is InChI=1S/Ba.Ca.2ClH.2H/h;;2*1H;;/q;+2;;;;/p-2. The van der Waals surface area contributed by atoms with Gasteiger partial charge in [-0.05, 0) is 0 Å². The Morgan fingerprint density at radius 2 is 1.25 bits per heavy atom. The van der Waals surface area contributed by atoms with E-state index in [9.17, 15) is 0 Å². The molecule has 0 aromatic heterocycles. The average molecular weight is 250 g/mol. The minimum atomic E-state index is -0.931. The SMILES string of the molecule is [BaH2].[Cl][Ca][Cl]. The molecule has 0 fully saturated rings. The predicted octanol–water partition coefficient (Wildman–Crippen LogP) is 0.0820. The summed E-state index contributed by atoms with van der Waals surface area (Å²) < 4.78 is 0. The minimum absolute atomic E-state index is 0. The van der Waals surface area contributed by atoms with Gasteiger partial charge in [0.25, 0.3) is 0 Å². The van der Waals surface area contributed by atoms with Crippen molar-refractivity contribution in [2.45, 2.75) is 0 Å². The van der Waals surface area contributed by atoms with E-state index in [1.807, 2.05) is 0 Å². The molecule has 0 saturated heterocycles. The molecule has 0 atom stereocenters. The van der Waals surface area contributed by atoms with E-state index in [4.69, 9.17) is 12.8 Å². The predicted molar refractivity (Wildman–Crippen MR) is 26.0 cm³/mol. The van der Waals surface area contributed by atoms with Gasteiger partial charge < -0.3 is 0 Å². The Morgan fingerprint density at radius 3 is 1.25 bits per heavy atom. The molecule has 0 N–H and O–H groups in total. The van der Waals surface area contributed by atoms with Gasteiger partial charge in [0.2, 0.25) is 0 Å². The van der Waals surface area contributed by atoms with Crippen molar-refractivity contribution in [1.82, 2.24) is 0 Å². The van der Waals surface area contributed by atoms with E-state index in [-0.39, 0.29) is 48.9 Å². The van der Waals surface area contributed by atoms with Crippen LogP contribution >= 0.6 is 12.8 Å². The van der Waals surface area contributed by atoms with Crippen LogP contribution < -0.4 is 0 Å². The van der Waals surface area contributed by atoms with Crippen LogP contribution in [0, 0.1) is 0 Å². The summed E-state index contributed by atoms with van der Waals surface area (Å²) in [7, 11) is 0. The Bertz CT molecular complexity index is 6.00. The normalized spacial score (nSPS) is 2.50. The molecule has 4 heavy (non-hydrogen) atoms. The van der Waals surface area contributed by atoms with Gasteiger partial charge in [-0.3, -0.25) is 0 Å². The van der Waals surface area contributed by atoms with Gasteiger partial charge in [0, 0.05) is 0 Å². The van der Waals surface area contributed by atoms with Crippen LogP contribution in [0.3, 0.4) is 0 Å². The van der Waals surface area contributed by atoms with E-state index in [0.29, 0.717) is 0 Å². The molecular formula is H2BaCaCl2. The van der Waals surface area contributed by atoms with Gasteiger partial charge in [0.15, 0.2) is 0 Å². The van der Waals surface area contributed by atoms with Crippen LogP contribution in [-0.2, 0) is 0 Å². The van der Waals surface area contributed by atoms with Crippen LogP contribution in [0.25, 0.3) is 0 Å². The third-order valence-electron chi connectivity index (χ3n) is 0. The first kappa shape index (κ1) is 10.4. The molecule has 0 aliphatic rings. The molecule has 0 rings (SSSR count). The zero-order valence-corrected chi connectivity index (χ0v) is 5.18. The molecule has 0 aromatic rings. The molecule has 0 bridgehead atoms. The summed E-state index contributed by atoms with van der Waals surface area (Å²) in [6.45, 7) is 0. The molecule has 0 heterocycles. The van der Waals surface area contributed by atoms with Crippen LogP contribution in [0.1, 0.15) is 0 Å². The summed E-state index contributed by atoms with van der Waals surface area (Å²) in [4.78, 5) is 0. The molecule has 0 aliphatic heterocycles. The monoisotopic (exact) mass is 250 g/mol. The molecular weight excluding hydrogens is 248 g/mol. The van der Waals surface area contributed by atoms with Crippen molar-refractivity contribution in [3.8, 4) is 0 Å². The maximum atomic E-state index is 4.95. The number of halogens is 2. The van der Waals surface area contributed by atoms with Crippen molar-refractivity contribution >= 4 is 92.5 Å². The van der Waals surface area contributed by atoms with Crippen LogP contribution in [0.4, 0.5) is 0 Å². The fraction of sp³-hybridized carbons (Fsp3) is 0. The van der Waals surface area contributed by atoms with Crippen LogP contribution in [0.5, 0.6) is 0 Å². The van der Waals surface area contributed by atoms with E-state index in [1.54, 1.807) is 0 Å². The average Bonchev–Trinajstić information content (AvgIpc) is 0.918. The van der Waals surface area contributed by atoms with Crippen molar-refractivity contribution < 1.29 is 0 Å². The van der Waals surface area contributed by atoms with E-state index in [2.05, 4.69) is 0 Å². The quantitative estimate of drug-likeness (QED) is 0.534. The summed E-state index contributed by atoms with van der Waals surface area (Å²) >= 11 is -0.931. The molecule has 0 saturated carbocycles. The Kier molecular flexibility index (Phi) is 25.1. The van der Waals surface area contributed by atoms with Gasteiger partial charge in [-0.1, -0.05) is 0 Å². The summed E-state index contributed by atoms with van der Waals surface area (Å²) in [6, 6.07) is 0. The van der Waals surface area contributed by atoms with Crippen molar-refractivity contribution in [2.24, 2.45) is 0 Å². The van der Waals surface area contributed by atoms with Gasteiger partial charge in [-0.15, -0.1) is 0 Å². The molecule has 4 heteroatoms. The first-order valence-corrected chi connectivity index (χ1v) is 6.61. The Balaban J connectivity index is 0. The molecule has 0 radical (unpaired) electrons. The van der Waals surface area contributed by atoms with Gasteiger partial charge in [0.1, 0.15) is 0 Å². The van der Waals surface area contributed by atoms with Crippen molar-refractivity contribution in [3.63, 3.8) is 0 Å². The zero-order valence-electron chi connectivity index (χ0n) is 1.46. The first-order chi connectivity index (χ1) is 1.41. The van der Waals surface area contributed by atoms with E-state index in [0.717, 1.165) is 0 Å². The third-order valence-corrected chi connectivity index (χ3v) is 0. The Morgan fingerprint density at radius 1 is 1.25 bits per heavy atom.